The molecule has 4 aromatic rings. The van der Waals surface area contributed by atoms with Gasteiger partial charge < -0.3 is 34.1 Å². The number of hydrogen-bond donors (Lipinski definition) is 2. The maximum atomic E-state index is 11.5. The highest BCUT2D eigenvalue weighted by molar-refractivity contribution is 5.98. The van der Waals surface area contributed by atoms with E-state index in [-0.39, 0.29) is 11.9 Å². The van der Waals surface area contributed by atoms with Crippen LogP contribution in [0.5, 0.6) is 17.4 Å². The van der Waals surface area contributed by atoms with Gasteiger partial charge in [-0.25, -0.2) is 0 Å². The minimum Gasteiger partial charge on any atom is -0.494 e. The normalized spacial score (nSPS) is 14.5. The van der Waals surface area contributed by atoms with Crippen LogP contribution in [0.2, 0.25) is 0 Å². The molecule has 0 radical (unpaired) electrons. The third-order valence-electron chi connectivity index (χ3n) is 7.30. The number of benzene rings is 3. The quantitative estimate of drug-likeness (QED) is 0.262. The van der Waals surface area contributed by atoms with Gasteiger partial charge >= 0.3 is 0 Å². The van der Waals surface area contributed by atoms with E-state index in [0.29, 0.717) is 24.7 Å². The van der Waals surface area contributed by atoms with Crippen LogP contribution in [-0.2, 0) is 11.3 Å². The fourth-order valence-corrected chi connectivity index (χ4v) is 5.31. The molecule has 0 unspecified atom stereocenters. The zero-order chi connectivity index (χ0) is 26.3. The van der Waals surface area contributed by atoms with Crippen LogP contribution in [0.3, 0.4) is 0 Å². The number of methoxy groups -OCH3 is 2. The molecule has 1 saturated heterocycles. The SMILES string of the molecule is COc1ccc([C@@H](CCCOCc2ccccc2)n2cc3c(N4CCNCC4)cccc3c2O)cc1OC. The molecule has 3 aromatic carbocycles. The third-order valence-corrected chi connectivity index (χ3v) is 7.30. The molecule has 1 aliphatic rings. The van der Waals surface area contributed by atoms with E-state index in [0.717, 1.165) is 61.0 Å². The fourth-order valence-electron chi connectivity index (χ4n) is 5.31. The molecule has 7 heteroatoms. The number of aromatic hydroxyl groups is 1. The number of anilines is 1. The zero-order valence-electron chi connectivity index (χ0n) is 22.2. The summed E-state index contributed by atoms with van der Waals surface area (Å²) >= 11 is 0. The van der Waals surface area contributed by atoms with Crippen molar-refractivity contribution in [2.24, 2.45) is 0 Å². The van der Waals surface area contributed by atoms with Crippen molar-refractivity contribution in [1.29, 1.82) is 0 Å². The minimum atomic E-state index is -0.0987. The summed E-state index contributed by atoms with van der Waals surface area (Å²) in [5, 5.41) is 16.8. The van der Waals surface area contributed by atoms with E-state index in [1.165, 1.54) is 5.56 Å². The number of fused-ring (bicyclic) bond motifs is 1. The molecule has 0 spiro atoms. The largest absolute Gasteiger partial charge is 0.494 e. The van der Waals surface area contributed by atoms with Gasteiger partial charge in [0.15, 0.2) is 17.4 Å². The van der Waals surface area contributed by atoms with Gasteiger partial charge in [0.25, 0.3) is 0 Å². The van der Waals surface area contributed by atoms with Gasteiger partial charge in [-0.2, -0.15) is 0 Å². The van der Waals surface area contributed by atoms with Crippen molar-refractivity contribution < 1.29 is 19.3 Å². The second-order valence-electron chi connectivity index (χ2n) is 9.65. The van der Waals surface area contributed by atoms with Crippen molar-refractivity contribution >= 4 is 16.5 Å². The van der Waals surface area contributed by atoms with E-state index in [9.17, 15) is 5.11 Å². The molecule has 1 aliphatic heterocycles. The van der Waals surface area contributed by atoms with Crippen LogP contribution in [-0.4, -0.2) is 56.7 Å². The highest BCUT2D eigenvalue weighted by Gasteiger charge is 2.23. The van der Waals surface area contributed by atoms with Gasteiger partial charge in [-0.3, -0.25) is 0 Å². The van der Waals surface area contributed by atoms with Crippen molar-refractivity contribution in [3.63, 3.8) is 0 Å². The van der Waals surface area contributed by atoms with Crippen LogP contribution >= 0.6 is 0 Å². The van der Waals surface area contributed by atoms with Crippen LogP contribution in [0.1, 0.15) is 30.0 Å². The standard InChI is InChI=1S/C31H37N3O4/c1-36-29-14-13-24(20-30(29)37-2)27(12-7-19-38-22-23-8-4-3-5-9-23)34-21-26-25(31(34)35)10-6-11-28(26)33-17-15-32-16-18-33/h3-6,8-11,13-14,20-21,27,32,35H,7,12,15-19,22H2,1-2H3/t27-/m1/s1. The first-order valence-corrected chi connectivity index (χ1v) is 13.3. The molecule has 7 nitrogen and oxygen atoms in total. The predicted octanol–water partition coefficient (Wildman–Crippen LogP) is 5.36. The predicted molar refractivity (Wildman–Crippen MR) is 152 cm³/mol. The first-order chi connectivity index (χ1) is 18.7. The van der Waals surface area contributed by atoms with Gasteiger partial charge in [-0.15, -0.1) is 0 Å². The van der Waals surface area contributed by atoms with Crippen molar-refractivity contribution in [3.8, 4) is 17.4 Å². The Bertz CT molecular complexity index is 1330. The van der Waals surface area contributed by atoms with Crippen LogP contribution in [0.25, 0.3) is 10.8 Å². The number of piperazine rings is 1. The highest BCUT2D eigenvalue weighted by Crippen LogP contribution is 2.40. The smallest absolute Gasteiger partial charge is 0.199 e. The minimum absolute atomic E-state index is 0.0987. The second-order valence-corrected chi connectivity index (χ2v) is 9.65. The summed E-state index contributed by atoms with van der Waals surface area (Å²) in [6.45, 7) is 5.04. The van der Waals surface area contributed by atoms with Gasteiger partial charge in [0.2, 0.25) is 0 Å². The Labute approximate surface area is 224 Å². The van der Waals surface area contributed by atoms with Gasteiger partial charge in [-0.1, -0.05) is 42.5 Å². The highest BCUT2D eigenvalue weighted by atomic mass is 16.5. The molecular weight excluding hydrogens is 478 g/mol. The fraction of sp³-hybridized carbons (Fsp3) is 0.355. The van der Waals surface area contributed by atoms with Crippen LogP contribution in [0, 0.1) is 0 Å². The molecule has 200 valence electrons. The van der Waals surface area contributed by atoms with E-state index < -0.39 is 0 Å². The number of nitrogens with zero attached hydrogens (tertiary/aromatic N) is 2. The Balaban J connectivity index is 1.44. The van der Waals surface area contributed by atoms with Crippen molar-refractivity contribution in [2.45, 2.75) is 25.5 Å². The Morgan fingerprint density at radius 1 is 0.895 bits per heavy atom. The van der Waals surface area contributed by atoms with Gasteiger partial charge in [0, 0.05) is 55.4 Å². The lowest BCUT2D eigenvalue weighted by atomic mass is 10.0. The summed E-state index contributed by atoms with van der Waals surface area (Å²) in [6.07, 6.45) is 3.74. The Hall–Kier alpha value is -3.68. The van der Waals surface area contributed by atoms with Crippen molar-refractivity contribution in [1.82, 2.24) is 9.88 Å². The summed E-state index contributed by atoms with van der Waals surface area (Å²) in [5.41, 5.74) is 3.37. The lowest BCUT2D eigenvalue weighted by Gasteiger charge is -2.30. The Morgan fingerprint density at radius 3 is 2.45 bits per heavy atom. The van der Waals surface area contributed by atoms with E-state index in [1.807, 2.05) is 47.0 Å². The van der Waals surface area contributed by atoms with Crippen molar-refractivity contribution in [2.75, 3.05) is 51.9 Å². The van der Waals surface area contributed by atoms with E-state index in [2.05, 4.69) is 40.7 Å². The monoisotopic (exact) mass is 515 g/mol. The molecule has 0 saturated carbocycles. The molecule has 38 heavy (non-hydrogen) atoms. The number of aromatic nitrogens is 1. The first-order valence-electron chi connectivity index (χ1n) is 13.3. The summed E-state index contributed by atoms with van der Waals surface area (Å²) in [5.74, 6) is 1.64. The maximum Gasteiger partial charge on any atom is 0.199 e. The number of ether oxygens (including phenoxy) is 3. The van der Waals surface area contributed by atoms with E-state index in [4.69, 9.17) is 14.2 Å². The summed E-state index contributed by atoms with van der Waals surface area (Å²) < 4.78 is 19.1. The average molecular weight is 516 g/mol. The van der Waals surface area contributed by atoms with Crippen LogP contribution in [0.15, 0.2) is 72.9 Å². The zero-order valence-corrected chi connectivity index (χ0v) is 22.2. The van der Waals surface area contributed by atoms with Gasteiger partial charge in [0.05, 0.1) is 26.9 Å². The lowest BCUT2D eigenvalue weighted by molar-refractivity contribution is 0.115. The lowest BCUT2D eigenvalue weighted by Crippen LogP contribution is -2.43. The van der Waals surface area contributed by atoms with Gasteiger partial charge in [0.1, 0.15) is 0 Å². The second kappa shape index (κ2) is 12.2. The van der Waals surface area contributed by atoms with Crippen molar-refractivity contribution in [3.05, 3.63) is 84.1 Å². The summed E-state index contributed by atoms with van der Waals surface area (Å²) in [4.78, 5) is 2.39. The molecule has 1 atom stereocenters. The molecule has 2 N–H and O–H groups in total. The third kappa shape index (κ3) is 5.59. The molecule has 1 fully saturated rings. The van der Waals surface area contributed by atoms with Crippen LogP contribution < -0.4 is 19.7 Å². The molecule has 0 aliphatic carbocycles. The summed E-state index contributed by atoms with van der Waals surface area (Å²) in [7, 11) is 3.29. The molecule has 0 bridgehead atoms. The number of rotatable bonds is 11. The Morgan fingerprint density at radius 2 is 1.68 bits per heavy atom. The average Bonchev–Trinajstić information content (AvgIpc) is 3.31. The molecule has 0 amide bonds. The molecular formula is C31H37N3O4. The Kier molecular flexibility index (Phi) is 8.36. The van der Waals surface area contributed by atoms with Crippen LogP contribution in [0.4, 0.5) is 5.69 Å². The van der Waals surface area contributed by atoms with E-state index in [1.54, 1.807) is 14.2 Å². The molecule has 5 rings (SSSR count). The van der Waals surface area contributed by atoms with E-state index >= 15 is 0 Å². The maximum absolute atomic E-state index is 11.5. The van der Waals surface area contributed by atoms with Gasteiger partial charge in [-0.05, 0) is 48.2 Å². The first kappa shape index (κ1) is 25.9. The molecule has 2 heterocycles. The topological polar surface area (TPSA) is 68.1 Å². The molecule has 1 aromatic heterocycles. The number of nitrogens with one attached hydrogen (secondary N) is 1. The summed E-state index contributed by atoms with van der Waals surface area (Å²) in [6, 6.07) is 22.3. The number of hydrogen-bond acceptors (Lipinski definition) is 6.